The number of aliphatic hydroxyl groups is 1. The van der Waals surface area contributed by atoms with Crippen molar-refractivity contribution in [3.8, 4) is 5.75 Å². The summed E-state index contributed by atoms with van der Waals surface area (Å²) >= 11 is 0. The van der Waals surface area contributed by atoms with Gasteiger partial charge in [-0.1, -0.05) is 0 Å². The Bertz CT molecular complexity index is 271. The minimum Gasteiger partial charge on any atom is -0.497 e. The maximum absolute atomic E-state index is 8.71. The zero-order valence-electron chi connectivity index (χ0n) is 9.36. The average Bonchev–Trinajstić information content (AvgIpc) is 2.27. The molecule has 0 amide bonds. The van der Waals surface area contributed by atoms with Gasteiger partial charge >= 0.3 is 0 Å². The van der Waals surface area contributed by atoms with Gasteiger partial charge in [0.25, 0.3) is 0 Å². The van der Waals surface area contributed by atoms with Gasteiger partial charge in [0.15, 0.2) is 0 Å². The number of rotatable bonds is 6. The van der Waals surface area contributed by atoms with Crippen LogP contribution < -0.4 is 10.1 Å². The minimum absolute atomic E-state index is 0.259. The summed E-state index contributed by atoms with van der Waals surface area (Å²) in [5.74, 6) is 0.864. The van der Waals surface area contributed by atoms with Crippen molar-refractivity contribution in [3.05, 3.63) is 24.3 Å². The lowest BCUT2D eigenvalue weighted by Gasteiger charge is -2.14. The van der Waals surface area contributed by atoms with E-state index in [0.717, 1.165) is 24.3 Å². The highest BCUT2D eigenvalue weighted by Gasteiger charge is 2.01. The molecule has 0 aliphatic rings. The first-order valence-corrected chi connectivity index (χ1v) is 5.27. The molecular weight excluding hydrogens is 190 g/mol. The number of hydrogen-bond acceptors (Lipinski definition) is 3. The number of ether oxygens (including phenoxy) is 1. The quantitative estimate of drug-likeness (QED) is 0.755. The van der Waals surface area contributed by atoms with Gasteiger partial charge in [-0.05, 0) is 44.0 Å². The average molecular weight is 209 g/mol. The zero-order chi connectivity index (χ0) is 11.1. The Kier molecular flexibility index (Phi) is 4.98. The van der Waals surface area contributed by atoms with Gasteiger partial charge in [0, 0.05) is 18.3 Å². The molecule has 1 rings (SSSR count). The number of hydrogen-bond donors (Lipinski definition) is 2. The highest BCUT2D eigenvalue weighted by molar-refractivity contribution is 5.46. The molecule has 15 heavy (non-hydrogen) atoms. The third kappa shape index (κ3) is 4.21. The van der Waals surface area contributed by atoms with E-state index in [1.807, 2.05) is 24.3 Å². The summed E-state index contributed by atoms with van der Waals surface area (Å²) in [5, 5.41) is 12.1. The van der Waals surface area contributed by atoms with E-state index in [0.29, 0.717) is 6.04 Å². The van der Waals surface area contributed by atoms with Crippen molar-refractivity contribution < 1.29 is 9.84 Å². The monoisotopic (exact) mass is 209 g/mol. The maximum atomic E-state index is 8.71. The van der Waals surface area contributed by atoms with E-state index in [4.69, 9.17) is 9.84 Å². The van der Waals surface area contributed by atoms with Crippen LogP contribution in [0.5, 0.6) is 5.75 Å². The van der Waals surface area contributed by atoms with Gasteiger partial charge in [-0.25, -0.2) is 0 Å². The topological polar surface area (TPSA) is 41.5 Å². The van der Waals surface area contributed by atoms with Crippen molar-refractivity contribution in [2.45, 2.75) is 25.8 Å². The lowest BCUT2D eigenvalue weighted by Crippen LogP contribution is -2.15. The van der Waals surface area contributed by atoms with Crippen molar-refractivity contribution in [3.63, 3.8) is 0 Å². The van der Waals surface area contributed by atoms with Crippen molar-refractivity contribution in [2.24, 2.45) is 0 Å². The summed E-state index contributed by atoms with van der Waals surface area (Å²) in [7, 11) is 1.66. The van der Waals surface area contributed by atoms with Crippen LogP contribution in [0.15, 0.2) is 24.3 Å². The van der Waals surface area contributed by atoms with Crippen LogP contribution in [0, 0.1) is 0 Å². The Hall–Kier alpha value is -1.22. The van der Waals surface area contributed by atoms with Crippen molar-refractivity contribution in [2.75, 3.05) is 19.0 Å². The van der Waals surface area contributed by atoms with E-state index in [9.17, 15) is 0 Å². The van der Waals surface area contributed by atoms with Crippen molar-refractivity contribution in [1.82, 2.24) is 0 Å². The zero-order valence-corrected chi connectivity index (χ0v) is 9.36. The number of anilines is 1. The van der Waals surface area contributed by atoms with E-state index in [-0.39, 0.29) is 6.61 Å². The molecule has 2 N–H and O–H groups in total. The SMILES string of the molecule is COc1ccc(N[C@@H](C)CCCO)cc1. The Morgan fingerprint density at radius 3 is 2.53 bits per heavy atom. The molecule has 3 heteroatoms. The van der Waals surface area contributed by atoms with Gasteiger partial charge in [-0.2, -0.15) is 0 Å². The molecule has 0 heterocycles. The largest absolute Gasteiger partial charge is 0.497 e. The first kappa shape index (κ1) is 11.9. The van der Waals surface area contributed by atoms with Crippen LogP contribution in [0.1, 0.15) is 19.8 Å². The second kappa shape index (κ2) is 6.30. The molecule has 0 saturated heterocycles. The van der Waals surface area contributed by atoms with Gasteiger partial charge in [-0.3, -0.25) is 0 Å². The van der Waals surface area contributed by atoms with Gasteiger partial charge in [0.05, 0.1) is 7.11 Å². The third-order valence-corrected chi connectivity index (χ3v) is 2.30. The molecule has 0 saturated carbocycles. The van der Waals surface area contributed by atoms with Crippen molar-refractivity contribution in [1.29, 1.82) is 0 Å². The summed E-state index contributed by atoms with van der Waals surface area (Å²) in [4.78, 5) is 0. The maximum Gasteiger partial charge on any atom is 0.119 e. The fourth-order valence-corrected chi connectivity index (χ4v) is 1.44. The highest BCUT2D eigenvalue weighted by atomic mass is 16.5. The van der Waals surface area contributed by atoms with Crippen LogP contribution in [0.25, 0.3) is 0 Å². The molecule has 1 atom stereocenters. The van der Waals surface area contributed by atoms with Gasteiger partial charge in [-0.15, -0.1) is 0 Å². The lowest BCUT2D eigenvalue weighted by molar-refractivity contribution is 0.282. The smallest absolute Gasteiger partial charge is 0.119 e. The predicted octanol–water partition coefficient (Wildman–Crippen LogP) is 2.27. The molecule has 1 aromatic rings. The summed E-state index contributed by atoms with van der Waals surface area (Å²) in [6.45, 7) is 2.37. The highest BCUT2D eigenvalue weighted by Crippen LogP contribution is 2.16. The summed E-state index contributed by atoms with van der Waals surface area (Å²) in [6.07, 6.45) is 1.81. The van der Waals surface area contributed by atoms with E-state index in [1.165, 1.54) is 0 Å². The molecule has 0 unspecified atom stereocenters. The first-order valence-electron chi connectivity index (χ1n) is 5.27. The molecule has 84 valence electrons. The molecule has 0 aliphatic heterocycles. The molecule has 0 fully saturated rings. The van der Waals surface area contributed by atoms with E-state index in [1.54, 1.807) is 7.11 Å². The molecule has 0 spiro atoms. The molecule has 0 aliphatic carbocycles. The van der Waals surface area contributed by atoms with Crippen LogP contribution in [0.2, 0.25) is 0 Å². The van der Waals surface area contributed by atoms with Crippen LogP contribution in [0.3, 0.4) is 0 Å². The second-order valence-corrected chi connectivity index (χ2v) is 3.64. The fraction of sp³-hybridized carbons (Fsp3) is 0.500. The molecule has 0 radical (unpaired) electrons. The van der Waals surface area contributed by atoms with E-state index >= 15 is 0 Å². The van der Waals surface area contributed by atoms with Crippen molar-refractivity contribution >= 4 is 5.69 Å². The Balaban J connectivity index is 2.42. The number of methoxy groups -OCH3 is 1. The first-order chi connectivity index (χ1) is 7.26. The van der Waals surface area contributed by atoms with Crippen LogP contribution in [0.4, 0.5) is 5.69 Å². The van der Waals surface area contributed by atoms with Crippen LogP contribution >= 0.6 is 0 Å². The molecule has 3 nitrogen and oxygen atoms in total. The summed E-state index contributed by atoms with van der Waals surface area (Å²) < 4.78 is 5.08. The van der Waals surface area contributed by atoms with Crippen LogP contribution in [-0.2, 0) is 0 Å². The predicted molar refractivity (Wildman–Crippen MR) is 62.4 cm³/mol. The normalized spacial score (nSPS) is 12.2. The lowest BCUT2D eigenvalue weighted by atomic mass is 10.2. The van der Waals surface area contributed by atoms with Gasteiger partial charge in [0.1, 0.15) is 5.75 Å². The Morgan fingerprint density at radius 1 is 1.33 bits per heavy atom. The number of nitrogens with one attached hydrogen (secondary N) is 1. The van der Waals surface area contributed by atoms with Gasteiger partial charge in [0.2, 0.25) is 0 Å². The Morgan fingerprint density at radius 2 is 2.00 bits per heavy atom. The minimum atomic E-state index is 0.259. The molecule has 0 bridgehead atoms. The fourth-order valence-electron chi connectivity index (χ4n) is 1.44. The second-order valence-electron chi connectivity index (χ2n) is 3.64. The molecule has 1 aromatic carbocycles. The third-order valence-electron chi connectivity index (χ3n) is 2.30. The summed E-state index contributed by atoms with van der Waals surface area (Å²) in [6, 6.07) is 8.23. The number of benzene rings is 1. The standard InChI is InChI=1S/C12H19NO2/c1-10(4-3-9-14)13-11-5-7-12(15-2)8-6-11/h5-8,10,13-14H,3-4,9H2,1-2H3/t10-/m0/s1. The van der Waals surface area contributed by atoms with E-state index in [2.05, 4.69) is 12.2 Å². The Labute approximate surface area is 91.1 Å². The van der Waals surface area contributed by atoms with Crippen LogP contribution in [-0.4, -0.2) is 24.9 Å². The van der Waals surface area contributed by atoms with E-state index < -0.39 is 0 Å². The molecular formula is C12H19NO2. The number of aliphatic hydroxyl groups excluding tert-OH is 1. The molecule has 0 aromatic heterocycles. The summed E-state index contributed by atoms with van der Waals surface area (Å²) in [5.41, 5.74) is 1.08. The van der Waals surface area contributed by atoms with Gasteiger partial charge < -0.3 is 15.2 Å².